The van der Waals surface area contributed by atoms with E-state index in [-0.39, 0.29) is 11.9 Å². The monoisotopic (exact) mass is 310 g/mol. The molecule has 0 aromatic heterocycles. The molecule has 0 saturated heterocycles. The quantitative estimate of drug-likeness (QED) is 0.791. The van der Waals surface area contributed by atoms with E-state index in [2.05, 4.69) is 42.7 Å². The summed E-state index contributed by atoms with van der Waals surface area (Å²) in [6.07, 6.45) is 0.462. The molecule has 1 unspecified atom stereocenters. The van der Waals surface area contributed by atoms with Crippen LogP contribution in [0.2, 0.25) is 0 Å². The van der Waals surface area contributed by atoms with Gasteiger partial charge in [0.1, 0.15) is 0 Å². The molecule has 23 heavy (non-hydrogen) atoms. The fourth-order valence-electron chi connectivity index (χ4n) is 2.61. The summed E-state index contributed by atoms with van der Waals surface area (Å²) in [6.45, 7) is 7.00. The van der Waals surface area contributed by atoms with Crippen LogP contribution in [0.25, 0.3) is 0 Å². The molecule has 0 aliphatic heterocycles. The maximum atomic E-state index is 12.1. The minimum absolute atomic E-state index is 0.0339. The molecule has 3 nitrogen and oxygen atoms in total. The van der Waals surface area contributed by atoms with Crippen LogP contribution in [0.1, 0.15) is 50.3 Å². The van der Waals surface area contributed by atoms with Gasteiger partial charge in [0.2, 0.25) is 5.91 Å². The highest BCUT2D eigenvalue weighted by atomic mass is 16.1. The molecule has 2 rings (SSSR count). The number of benzene rings is 2. The summed E-state index contributed by atoms with van der Waals surface area (Å²) in [4.78, 5) is 12.1. The molecule has 0 fully saturated rings. The van der Waals surface area contributed by atoms with Gasteiger partial charge in [-0.3, -0.25) is 4.79 Å². The molecule has 0 spiro atoms. The van der Waals surface area contributed by atoms with Crippen molar-refractivity contribution in [3.8, 4) is 0 Å². The molecule has 0 radical (unpaired) electrons. The lowest BCUT2D eigenvalue weighted by Crippen LogP contribution is -2.28. The van der Waals surface area contributed by atoms with E-state index in [1.807, 2.05) is 43.3 Å². The Balaban J connectivity index is 1.81. The third kappa shape index (κ3) is 5.13. The average molecular weight is 310 g/mol. The number of hydrogen-bond acceptors (Lipinski definition) is 2. The smallest absolute Gasteiger partial charge is 0.222 e. The number of carbonyl (C=O) groups is 1. The lowest BCUT2D eigenvalue weighted by Gasteiger charge is -2.16. The van der Waals surface area contributed by atoms with E-state index in [9.17, 15) is 4.79 Å². The molecule has 0 aliphatic carbocycles. The standard InChI is InChI=1S/C20H26N2O/c1-15(2)18-11-7-8-12-19(18)21-14-13-20(23)22-16(3)17-9-5-4-6-10-17/h4-12,15-16,21H,13-14H2,1-3H3,(H,22,23). The zero-order valence-corrected chi connectivity index (χ0v) is 14.2. The zero-order valence-electron chi connectivity index (χ0n) is 14.2. The van der Waals surface area contributed by atoms with Crippen LogP contribution >= 0.6 is 0 Å². The summed E-state index contributed by atoms with van der Waals surface area (Å²) in [5, 5.41) is 6.42. The number of anilines is 1. The SMILES string of the molecule is CC(C)c1ccccc1NCCC(=O)NC(C)c1ccccc1. The van der Waals surface area contributed by atoms with Crippen LogP contribution in [-0.4, -0.2) is 12.5 Å². The fraction of sp³-hybridized carbons (Fsp3) is 0.350. The van der Waals surface area contributed by atoms with Gasteiger partial charge in [-0.25, -0.2) is 0 Å². The number of amides is 1. The Morgan fingerprint density at radius 2 is 1.61 bits per heavy atom. The first-order valence-electron chi connectivity index (χ1n) is 8.25. The Bertz CT molecular complexity index is 623. The molecule has 2 aromatic rings. The summed E-state index contributed by atoms with van der Waals surface area (Å²) in [6, 6.07) is 18.3. The van der Waals surface area contributed by atoms with E-state index in [1.165, 1.54) is 5.56 Å². The van der Waals surface area contributed by atoms with Crippen LogP contribution in [0, 0.1) is 0 Å². The van der Waals surface area contributed by atoms with Crippen LogP contribution in [0.15, 0.2) is 54.6 Å². The highest BCUT2D eigenvalue weighted by Gasteiger charge is 2.10. The fourth-order valence-corrected chi connectivity index (χ4v) is 2.61. The Labute approximate surface area is 139 Å². The van der Waals surface area contributed by atoms with Gasteiger partial charge < -0.3 is 10.6 Å². The molecule has 2 N–H and O–H groups in total. The van der Waals surface area contributed by atoms with Gasteiger partial charge in [-0.1, -0.05) is 62.4 Å². The third-order valence-corrected chi connectivity index (χ3v) is 3.93. The first-order chi connectivity index (χ1) is 11.1. The maximum absolute atomic E-state index is 12.1. The second kappa shape index (κ2) is 8.37. The summed E-state index contributed by atoms with van der Waals surface area (Å²) in [5.74, 6) is 0.529. The molecular formula is C20H26N2O. The predicted molar refractivity (Wildman–Crippen MR) is 96.6 cm³/mol. The minimum atomic E-state index is 0.0339. The number of rotatable bonds is 7. The van der Waals surface area contributed by atoms with Crippen LogP contribution in [0.3, 0.4) is 0 Å². The summed E-state index contributed by atoms with van der Waals surface area (Å²) in [7, 11) is 0. The lowest BCUT2D eigenvalue weighted by atomic mass is 10.0. The predicted octanol–water partition coefficient (Wildman–Crippen LogP) is 4.49. The van der Waals surface area contributed by atoms with Crippen molar-refractivity contribution in [1.29, 1.82) is 0 Å². The van der Waals surface area contributed by atoms with Crippen LogP contribution in [0.4, 0.5) is 5.69 Å². The molecule has 0 aliphatic rings. The molecule has 122 valence electrons. The highest BCUT2D eigenvalue weighted by Crippen LogP contribution is 2.23. The van der Waals surface area contributed by atoms with E-state index >= 15 is 0 Å². The molecule has 1 atom stereocenters. The van der Waals surface area contributed by atoms with Crippen molar-refractivity contribution in [2.75, 3.05) is 11.9 Å². The number of hydrogen-bond donors (Lipinski definition) is 2. The van der Waals surface area contributed by atoms with Gasteiger partial charge in [0, 0.05) is 18.7 Å². The zero-order chi connectivity index (χ0) is 16.7. The Morgan fingerprint density at radius 1 is 0.957 bits per heavy atom. The van der Waals surface area contributed by atoms with Gasteiger partial charge in [-0.15, -0.1) is 0 Å². The Hall–Kier alpha value is -2.29. The van der Waals surface area contributed by atoms with Crippen molar-refractivity contribution in [3.05, 3.63) is 65.7 Å². The van der Waals surface area contributed by atoms with Gasteiger partial charge in [0.05, 0.1) is 6.04 Å². The molecule has 0 bridgehead atoms. The second-order valence-corrected chi connectivity index (χ2v) is 6.12. The molecule has 0 heterocycles. The number of para-hydroxylation sites is 1. The topological polar surface area (TPSA) is 41.1 Å². The number of nitrogens with one attached hydrogen (secondary N) is 2. The molecule has 0 saturated carbocycles. The summed E-state index contributed by atoms with van der Waals surface area (Å²) in [5.41, 5.74) is 3.52. The van der Waals surface area contributed by atoms with Crippen molar-refractivity contribution in [3.63, 3.8) is 0 Å². The van der Waals surface area contributed by atoms with Crippen molar-refractivity contribution in [1.82, 2.24) is 5.32 Å². The van der Waals surface area contributed by atoms with Gasteiger partial charge in [0.15, 0.2) is 0 Å². The van der Waals surface area contributed by atoms with Gasteiger partial charge in [-0.2, -0.15) is 0 Å². The van der Waals surface area contributed by atoms with Crippen molar-refractivity contribution < 1.29 is 4.79 Å². The normalized spacial score (nSPS) is 12.0. The van der Waals surface area contributed by atoms with Crippen LogP contribution < -0.4 is 10.6 Å². The second-order valence-electron chi connectivity index (χ2n) is 6.12. The lowest BCUT2D eigenvalue weighted by molar-refractivity contribution is -0.121. The van der Waals surface area contributed by atoms with E-state index in [0.717, 1.165) is 11.3 Å². The van der Waals surface area contributed by atoms with Gasteiger partial charge in [0.25, 0.3) is 0 Å². The first-order valence-corrected chi connectivity index (χ1v) is 8.25. The van der Waals surface area contributed by atoms with E-state index < -0.39 is 0 Å². The van der Waals surface area contributed by atoms with E-state index in [4.69, 9.17) is 0 Å². The molecule has 2 aromatic carbocycles. The average Bonchev–Trinajstić information content (AvgIpc) is 2.56. The largest absolute Gasteiger partial charge is 0.384 e. The molecule has 1 amide bonds. The van der Waals surface area contributed by atoms with Crippen molar-refractivity contribution >= 4 is 11.6 Å². The number of carbonyl (C=O) groups excluding carboxylic acids is 1. The van der Waals surface area contributed by atoms with Crippen molar-refractivity contribution in [2.45, 2.75) is 39.2 Å². The third-order valence-electron chi connectivity index (χ3n) is 3.93. The first kappa shape index (κ1) is 17.1. The molecule has 3 heteroatoms. The summed E-state index contributed by atoms with van der Waals surface area (Å²) < 4.78 is 0. The van der Waals surface area contributed by atoms with E-state index in [0.29, 0.717) is 18.9 Å². The summed E-state index contributed by atoms with van der Waals surface area (Å²) >= 11 is 0. The van der Waals surface area contributed by atoms with E-state index in [1.54, 1.807) is 0 Å². The van der Waals surface area contributed by atoms with Gasteiger partial charge >= 0.3 is 0 Å². The Morgan fingerprint density at radius 3 is 2.30 bits per heavy atom. The molecular weight excluding hydrogens is 284 g/mol. The minimum Gasteiger partial charge on any atom is -0.384 e. The van der Waals surface area contributed by atoms with Crippen LogP contribution in [0.5, 0.6) is 0 Å². The Kier molecular flexibility index (Phi) is 6.21. The van der Waals surface area contributed by atoms with Crippen LogP contribution in [-0.2, 0) is 4.79 Å². The van der Waals surface area contributed by atoms with Gasteiger partial charge in [-0.05, 0) is 30.0 Å². The highest BCUT2D eigenvalue weighted by molar-refractivity contribution is 5.77. The van der Waals surface area contributed by atoms with Crippen molar-refractivity contribution in [2.24, 2.45) is 0 Å². The maximum Gasteiger partial charge on any atom is 0.222 e.